The first-order valence-corrected chi connectivity index (χ1v) is 5.53. The summed E-state index contributed by atoms with van der Waals surface area (Å²) in [5, 5.41) is 7.62. The molecule has 0 aromatic heterocycles. The third-order valence-electron chi connectivity index (χ3n) is 0.158. The van der Waals surface area contributed by atoms with E-state index in [1.54, 1.807) is 0 Å². The molecule has 4 heteroatoms. The topological polar surface area (TPSA) is 32.3 Å². The molecule has 0 aromatic rings. The molecule has 0 bridgehead atoms. The lowest BCUT2D eigenvalue weighted by molar-refractivity contribution is 0.173. The van der Waals surface area contributed by atoms with E-state index in [9.17, 15) is 0 Å². The quantitative estimate of drug-likeness (QED) is 0.487. The molecule has 0 heterocycles. The van der Waals surface area contributed by atoms with Gasteiger partial charge in [-0.3, -0.25) is 0 Å². The molecule has 2 N–H and O–H groups in total. The van der Waals surface area contributed by atoms with Gasteiger partial charge in [-0.15, -0.1) is 17.0 Å². The van der Waals surface area contributed by atoms with Crippen LogP contribution in [0.15, 0.2) is 0 Å². The highest BCUT2D eigenvalue weighted by Crippen LogP contribution is 1.36. The van der Waals surface area contributed by atoms with E-state index in [-0.39, 0.29) is 17.0 Å². The third-order valence-corrected chi connectivity index (χ3v) is 0.158. The summed E-state index contributed by atoms with van der Waals surface area (Å²) in [6.07, 6.45) is 0. The Labute approximate surface area is 64.2 Å². The Morgan fingerprint density at radius 2 is 1.62 bits per heavy atom. The fourth-order valence-corrected chi connectivity index (χ4v) is 0. The molecule has 2 nitrogen and oxygen atoms in total. The van der Waals surface area contributed by atoms with E-state index in [1.807, 2.05) is 12.4 Å². The Kier molecular flexibility index (Phi) is 50.5. The summed E-state index contributed by atoms with van der Waals surface area (Å²) < 4.78 is 0. The fourth-order valence-electron chi connectivity index (χ4n) is 0. The van der Waals surface area contributed by atoms with Gasteiger partial charge in [0, 0.05) is 16.1 Å². The van der Waals surface area contributed by atoms with Gasteiger partial charge in [0.25, 0.3) is 0 Å². The van der Waals surface area contributed by atoms with Crippen LogP contribution in [0.3, 0.4) is 0 Å². The van der Waals surface area contributed by atoms with Crippen molar-refractivity contribution in [2.24, 2.45) is 0 Å². The molecule has 0 saturated heterocycles. The lowest BCUT2D eigenvalue weighted by Crippen LogP contribution is -2.02. The van der Waals surface area contributed by atoms with Crippen molar-refractivity contribution in [3.8, 4) is 0 Å². The zero-order chi connectivity index (χ0) is 6.12. The predicted octanol–water partition coefficient (Wildman–Crippen LogP) is 0.814. The maximum absolute atomic E-state index is 7.62. The van der Waals surface area contributed by atoms with Gasteiger partial charge in [-0.25, -0.2) is 5.48 Å². The van der Waals surface area contributed by atoms with Crippen LogP contribution in [0.4, 0.5) is 0 Å². The maximum Gasteiger partial charge on any atom is 0.0179 e. The third kappa shape index (κ3) is 79.9. The van der Waals surface area contributed by atoms with Crippen LogP contribution in [-0.2, 0) is 0 Å². The molecular weight excluding hydrogens is 186 g/mol. The summed E-state index contributed by atoms with van der Waals surface area (Å²) in [6, 6.07) is 0. The molecule has 0 unspecified atom stereocenters. The Balaban J connectivity index is -0.0000000575. The number of nitrogens with one attached hydrogen (secondary N) is 1. The summed E-state index contributed by atoms with van der Waals surface area (Å²) in [7, 11) is 0.417. The molecular formula is C4H16BrNOSi. The molecule has 0 saturated carbocycles. The highest BCUT2D eigenvalue weighted by Gasteiger charge is 1.51. The van der Waals surface area contributed by atoms with Crippen molar-refractivity contribution in [2.45, 2.75) is 20.0 Å². The van der Waals surface area contributed by atoms with Gasteiger partial charge in [-0.1, -0.05) is 20.0 Å². The Hall–Kier alpha value is 0.617. The maximum atomic E-state index is 7.62. The van der Waals surface area contributed by atoms with Crippen LogP contribution in [0, 0.1) is 0 Å². The van der Waals surface area contributed by atoms with Crippen LogP contribution in [0.5, 0.6) is 0 Å². The van der Waals surface area contributed by atoms with E-state index >= 15 is 0 Å². The molecule has 0 spiro atoms. The molecule has 8 heavy (non-hydrogen) atoms. The number of rotatable bonds is 1. The largest absolute Gasteiger partial charge is 0.317 e. The van der Waals surface area contributed by atoms with Crippen molar-refractivity contribution in [2.75, 3.05) is 6.54 Å². The van der Waals surface area contributed by atoms with E-state index in [2.05, 4.69) is 13.1 Å². The lowest BCUT2D eigenvalue weighted by atomic mass is 10.8. The van der Waals surface area contributed by atoms with Gasteiger partial charge < -0.3 is 5.21 Å². The molecule has 0 rings (SSSR count). The fraction of sp³-hybridized carbons (Fsp3) is 1.00. The average molecular weight is 202 g/mol. The van der Waals surface area contributed by atoms with Crippen LogP contribution < -0.4 is 5.48 Å². The van der Waals surface area contributed by atoms with Crippen molar-refractivity contribution < 1.29 is 5.21 Å². The molecule has 0 atom stereocenters. The van der Waals surface area contributed by atoms with Gasteiger partial charge in [0.1, 0.15) is 0 Å². The Bertz CT molecular complexity index is 23.5. The van der Waals surface area contributed by atoms with Crippen LogP contribution >= 0.6 is 17.0 Å². The molecule has 0 aliphatic rings. The van der Waals surface area contributed by atoms with E-state index in [4.69, 9.17) is 5.21 Å². The molecule has 0 aliphatic heterocycles. The van der Waals surface area contributed by atoms with Gasteiger partial charge in [0.05, 0.1) is 0 Å². The predicted molar refractivity (Wildman–Crippen MR) is 46.1 cm³/mol. The summed E-state index contributed by atoms with van der Waals surface area (Å²) in [5.74, 6) is 0. The lowest BCUT2D eigenvalue weighted by Gasteiger charge is -1.75. The summed E-state index contributed by atoms with van der Waals surface area (Å²) >= 11 is 0. The Morgan fingerprint density at radius 1 is 1.50 bits per heavy atom. The van der Waals surface area contributed by atoms with Gasteiger partial charge in [0.2, 0.25) is 0 Å². The highest BCUT2D eigenvalue weighted by atomic mass is 79.9. The van der Waals surface area contributed by atoms with E-state index in [1.165, 1.54) is 0 Å². The van der Waals surface area contributed by atoms with Gasteiger partial charge in [0.15, 0.2) is 0 Å². The van der Waals surface area contributed by atoms with Crippen LogP contribution in [0.25, 0.3) is 0 Å². The summed E-state index contributed by atoms with van der Waals surface area (Å²) in [5.41, 5.74) is 1.93. The number of hydrogen-bond donors (Lipinski definition) is 2. The van der Waals surface area contributed by atoms with Crippen molar-refractivity contribution in [1.29, 1.82) is 0 Å². The summed E-state index contributed by atoms with van der Waals surface area (Å²) in [4.78, 5) is 0. The average Bonchev–Trinajstić information content (AvgIpc) is 1.69. The zero-order valence-corrected chi connectivity index (χ0v) is 8.90. The Morgan fingerprint density at radius 3 is 1.62 bits per heavy atom. The SMILES string of the molecule is Br.CCNO.C[SiH2]C. The minimum absolute atomic E-state index is 0. The van der Waals surface area contributed by atoms with Crippen LogP contribution in [0.1, 0.15) is 6.92 Å². The zero-order valence-electron chi connectivity index (χ0n) is 5.77. The molecule has 54 valence electrons. The van der Waals surface area contributed by atoms with Crippen molar-refractivity contribution in [3.05, 3.63) is 0 Å². The molecule has 0 aromatic carbocycles. The van der Waals surface area contributed by atoms with Crippen molar-refractivity contribution in [1.82, 2.24) is 5.48 Å². The first-order valence-electron chi connectivity index (χ1n) is 2.70. The second-order valence-corrected chi connectivity index (χ2v) is 2.63. The molecule has 0 amide bonds. The molecule has 0 radical (unpaired) electrons. The standard InChI is InChI=1S/C2H7NO.C2H8Si.BrH/c1-2-3-4;1-3-2;/h3-4H,2H2,1H3;3H2,1-2H3;1H. The van der Waals surface area contributed by atoms with Crippen molar-refractivity contribution in [3.63, 3.8) is 0 Å². The highest BCUT2D eigenvalue weighted by molar-refractivity contribution is 8.93. The minimum atomic E-state index is 0. The van der Waals surface area contributed by atoms with Crippen LogP contribution in [0.2, 0.25) is 13.1 Å². The van der Waals surface area contributed by atoms with Gasteiger partial charge in [-0.2, -0.15) is 0 Å². The smallest absolute Gasteiger partial charge is 0.0179 e. The normalized spacial score (nSPS) is 6.00. The number of hydrogen-bond acceptors (Lipinski definition) is 2. The number of hydroxylamine groups is 1. The number of halogens is 1. The first kappa shape index (κ1) is 15.8. The van der Waals surface area contributed by atoms with E-state index in [0.717, 1.165) is 0 Å². The minimum Gasteiger partial charge on any atom is -0.317 e. The second-order valence-electron chi connectivity index (χ2n) is 1.22. The monoisotopic (exact) mass is 201 g/mol. The van der Waals surface area contributed by atoms with Crippen LogP contribution in [-0.4, -0.2) is 21.3 Å². The molecule has 0 aliphatic carbocycles. The van der Waals surface area contributed by atoms with Crippen molar-refractivity contribution >= 4 is 26.5 Å². The van der Waals surface area contributed by atoms with Gasteiger partial charge >= 0.3 is 0 Å². The first-order chi connectivity index (χ1) is 3.33. The molecule has 0 fully saturated rings. The van der Waals surface area contributed by atoms with E-state index in [0.29, 0.717) is 16.1 Å². The van der Waals surface area contributed by atoms with E-state index < -0.39 is 0 Å². The van der Waals surface area contributed by atoms with Gasteiger partial charge in [-0.05, 0) is 0 Å². The second kappa shape index (κ2) is 25.5. The summed E-state index contributed by atoms with van der Waals surface area (Å²) in [6.45, 7) is 6.97.